The van der Waals surface area contributed by atoms with E-state index in [1.54, 1.807) is 6.20 Å². The maximum Gasteiger partial charge on any atom is 0.419 e. The van der Waals surface area contributed by atoms with Crippen molar-refractivity contribution in [3.63, 3.8) is 0 Å². The molecule has 7 heteroatoms. The molecular formula is C20H24N4O3. The van der Waals surface area contributed by atoms with Crippen molar-refractivity contribution < 1.29 is 14.1 Å². The van der Waals surface area contributed by atoms with Gasteiger partial charge in [0.05, 0.1) is 5.69 Å². The van der Waals surface area contributed by atoms with Gasteiger partial charge in [0.2, 0.25) is 5.89 Å². The van der Waals surface area contributed by atoms with Crippen molar-refractivity contribution in [2.24, 2.45) is 0 Å². The third-order valence-electron chi connectivity index (χ3n) is 3.87. The second-order valence-corrected chi connectivity index (χ2v) is 7.57. The highest BCUT2D eigenvalue weighted by Crippen LogP contribution is 2.19. The summed E-state index contributed by atoms with van der Waals surface area (Å²) in [4.78, 5) is 20.8. The Labute approximate surface area is 158 Å². The first kappa shape index (κ1) is 18.8. The van der Waals surface area contributed by atoms with Crippen molar-refractivity contribution in [2.45, 2.75) is 52.1 Å². The van der Waals surface area contributed by atoms with Gasteiger partial charge in [-0.3, -0.25) is 0 Å². The Morgan fingerprint density at radius 1 is 1.26 bits per heavy atom. The van der Waals surface area contributed by atoms with Crippen molar-refractivity contribution >= 4 is 6.09 Å². The van der Waals surface area contributed by atoms with Crippen LogP contribution in [0.15, 0.2) is 47.4 Å². The van der Waals surface area contributed by atoms with Gasteiger partial charge < -0.3 is 9.26 Å². The smallest absolute Gasteiger partial charge is 0.419 e. The molecule has 0 aliphatic heterocycles. The summed E-state index contributed by atoms with van der Waals surface area (Å²) in [5.41, 5.74) is 1.35. The molecule has 0 saturated carbocycles. The number of rotatable bonds is 5. The van der Waals surface area contributed by atoms with Crippen molar-refractivity contribution in [2.75, 3.05) is 0 Å². The number of benzene rings is 1. The van der Waals surface area contributed by atoms with Crippen molar-refractivity contribution in [3.8, 4) is 0 Å². The van der Waals surface area contributed by atoms with E-state index in [1.807, 2.05) is 58.0 Å². The van der Waals surface area contributed by atoms with Crippen molar-refractivity contribution in [3.05, 3.63) is 65.8 Å². The molecule has 0 saturated heterocycles. The Balaban J connectivity index is 1.61. The van der Waals surface area contributed by atoms with Crippen LogP contribution >= 0.6 is 0 Å². The molecule has 3 rings (SSSR count). The fraction of sp³-hybridized carbons (Fsp3) is 0.400. The molecule has 7 nitrogen and oxygen atoms in total. The Morgan fingerprint density at radius 3 is 2.70 bits per heavy atom. The number of aromatic nitrogens is 4. The van der Waals surface area contributed by atoms with Gasteiger partial charge in [-0.2, -0.15) is 4.98 Å². The van der Waals surface area contributed by atoms with Crippen LogP contribution in [-0.2, 0) is 17.6 Å². The minimum atomic E-state index is -0.548. The Kier molecular flexibility index (Phi) is 5.39. The van der Waals surface area contributed by atoms with Gasteiger partial charge in [-0.05, 0) is 26.3 Å². The third kappa shape index (κ3) is 5.26. The molecule has 27 heavy (non-hydrogen) atoms. The number of carbonyl (C=O) groups excluding carboxylic acids is 1. The minimum absolute atomic E-state index is 0.0102. The predicted octanol–water partition coefficient (Wildman–Crippen LogP) is 3.99. The highest BCUT2D eigenvalue weighted by Gasteiger charge is 2.20. The number of hydrogen-bond donors (Lipinski definition) is 0. The third-order valence-corrected chi connectivity index (χ3v) is 3.87. The van der Waals surface area contributed by atoms with E-state index in [9.17, 15) is 4.79 Å². The second kappa shape index (κ2) is 7.73. The number of imidazole rings is 1. The molecule has 0 spiro atoms. The van der Waals surface area contributed by atoms with Crippen molar-refractivity contribution in [1.82, 2.24) is 19.7 Å². The summed E-state index contributed by atoms with van der Waals surface area (Å²) in [7, 11) is 0. The lowest BCUT2D eigenvalue weighted by Gasteiger charge is -2.19. The topological polar surface area (TPSA) is 83.0 Å². The molecule has 1 aromatic carbocycles. The summed E-state index contributed by atoms with van der Waals surface area (Å²) in [6.45, 7) is 7.47. The largest absolute Gasteiger partial charge is 0.443 e. The molecule has 0 radical (unpaired) electrons. The molecule has 0 bridgehead atoms. The summed E-state index contributed by atoms with van der Waals surface area (Å²) >= 11 is 0. The predicted molar refractivity (Wildman–Crippen MR) is 99.5 cm³/mol. The molecule has 142 valence electrons. The van der Waals surface area contributed by atoms with Crippen LogP contribution in [0.1, 0.15) is 56.6 Å². The molecule has 0 aliphatic carbocycles. The average Bonchev–Trinajstić information content (AvgIpc) is 3.24. The first-order valence-corrected chi connectivity index (χ1v) is 8.93. The van der Waals surface area contributed by atoms with Crippen LogP contribution in [-0.4, -0.2) is 31.4 Å². The number of carbonyl (C=O) groups is 1. The van der Waals surface area contributed by atoms with Crippen LogP contribution in [0.5, 0.6) is 0 Å². The van der Waals surface area contributed by atoms with Crippen LogP contribution < -0.4 is 0 Å². The van der Waals surface area contributed by atoms with Gasteiger partial charge in [0, 0.05) is 25.0 Å². The zero-order valence-electron chi connectivity index (χ0n) is 16.0. The second-order valence-electron chi connectivity index (χ2n) is 7.57. The number of nitrogens with zero attached hydrogens (tertiary/aromatic N) is 4. The van der Waals surface area contributed by atoms with E-state index in [-0.39, 0.29) is 5.92 Å². The van der Waals surface area contributed by atoms with E-state index in [0.29, 0.717) is 24.6 Å². The van der Waals surface area contributed by atoms with E-state index in [2.05, 4.69) is 15.1 Å². The highest BCUT2D eigenvalue weighted by atomic mass is 16.6. The standard InChI is InChI=1S/C20H24N4O3/c1-14(10-16-12-24(13-21-16)19(25)26-20(2,3)4)18-22-17(23-27-18)11-15-8-6-5-7-9-15/h5-9,12-14H,10-11H2,1-4H3/t14-/m0/s1. The molecule has 0 aliphatic rings. The fourth-order valence-corrected chi connectivity index (χ4v) is 2.60. The van der Waals surface area contributed by atoms with Gasteiger partial charge in [-0.1, -0.05) is 42.4 Å². The fourth-order valence-electron chi connectivity index (χ4n) is 2.60. The van der Waals surface area contributed by atoms with Crippen molar-refractivity contribution in [1.29, 1.82) is 0 Å². The molecule has 0 fully saturated rings. The summed E-state index contributed by atoms with van der Waals surface area (Å²) in [5.74, 6) is 1.21. The minimum Gasteiger partial charge on any atom is -0.443 e. The van der Waals surface area contributed by atoms with Gasteiger partial charge in [-0.15, -0.1) is 0 Å². The van der Waals surface area contributed by atoms with Crippen LogP contribution in [0.3, 0.4) is 0 Å². The van der Waals surface area contributed by atoms with Gasteiger partial charge >= 0.3 is 6.09 Å². The average molecular weight is 368 g/mol. The molecule has 2 heterocycles. The molecule has 2 aromatic heterocycles. The molecular weight excluding hydrogens is 344 g/mol. The molecule has 0 N–H and O–H groups in total. The quantitative estimate of drug-likeness (QED) is 0.677. The lowest BCUT2D eigenvalue weighted by atomic mass is 10.1. The van der Waals surface area contributed by atoms with E-state index in [0.717, 1.165) is 11.3 Å². The summed E-state index contributed by atoms with van der Waals surface area (Å²) < 4.78 is 12.1. The maximum atomic E-state index is 12.1. The van der Waals surface area contributed by atoms with Crippen LogP contribution in [0, 0.1) is 0 Å². The van der Waals surface area contributed by atoms with Gasteiger partial charge in [-0.25, -0.2) is 14.3 Å². The van der Waals surface area contributed by atoms with E-state index >= 15 is 0 Å². The number of hydrogen-bond acceptors (Lipinski definition) is 6. The summed E-state index contributed by atoms with van der Waals surface area (Å²) in [6.07, 6.45) is 3.90. The van der Waals surface area contributed by atoms with E-state index < -0.39 is 11.7 Å². The van der Waals surface area contributed by atoms with E-state index in [1.165, 1.54) is 10.9 Å². The van der Waals surface area contributed by atoms with Gasteiger partial charge in [0.1, 0.15) is 11.9 Å². The number of ether oxygens (including phenoxy) is 1. The van der Waals surface area contributed by atoms with Gasteiger partial charge in [0.15, 0.2) is 5.82 Å². The summed E-state index contributed by atoms with van der Waals surface area (Å²) in [5, 5.41) is 4.06. The molecule has 1 atom stereocenters. The first-order valence-electron chi connectivity index (χ1n) is 8.93. The van der Waals surface area contributed by atoms with Crippen LogP contribution in [0.4, 0.5) is 4.79 Å². The molecule has 0 amide bonds. The lowest BCUT2D eigenvalue weighted by Crippen LogP contribution is -2.26. The van der Waals surface area contributed by atoms with Gasteiger partial charge in [0.25, 0.3) is 0 Å². The maximum absolute atomic E-state index is 12.1. The summed E-state index contributed by atoms with van der Waals surface area (Å²) in [6, 6.07) is 10.0. The molecule has 3 aromatic rings. The van der Waals surface area contributed by atoms with Crippen LogP contribution in [0.25, 0.3) is 0 Å². The zero-order valence-corrected chi connectivity index (χ0v) is 16.0. The molecule has 0 unspecified atom stereocenters. The Bertz CT molecular complexity index is 893. The first-order chi connectivity index (χ1) is 12.8. The highest BCUT2D eigenvalue weighted by molar-refractivity contribution is 5.70. The lowest BCUT2D eigenvalue weighted by molar-refractivity contribution is 0.0536. The van der Waals surface area contributed by atoms with E-state index in [4.69, 9.17) is 9.26 Å². The van der Waals surface area contributed by atoms with Crippen LogP contribution in [0.2, 0.25) is 0 Å². The zero-order chi connectivity index (χ0) is 19.4. The normalized spacial score (nSPS) is 12.7. The Morgan fingerprint density at radius 2 is 2.00 bits per heavy atom. The monoisotopic (exact) mass is 368 g/mol. The SMILES string of the molecule is C[C@@H](Cc1cn(C(=O)OC(C)(C)C)cn1)c1nc(Cc2ccccc2)no1. The Hall–Kier alpha value is -2.96.